The van der Waals surface area contributed by atoms with Gasteiger partial charge in [0.25, 0.3) is 5.91 Å². The standard InChI is InChI=1S/C13H11N3O2S2/c17-11(14-6-9-2-1-4-19-9)7-18-12-10-3-5-20-13(10)16-8-15-12/h1-5,8H,6-7H2,(H,14,17). The van der Waals surface area contributed by atoms with Gasteiger partial charge in [-0.2, -0.15) is 0 Å². The Morgan fingerprint density at radius 1 is 1.25 bits per heavy atom. The van der Waals surface area contributed by atoms with Crippen LogP contribution in [0.4, 0.5) is 0 Å². The van der Waals surface area contributed by atoms with Gasteiger partial charge in [0, 0.05) is 4.88 Å². The summed E-state index contributed by atoms with van der Waals surface area (Å²) in [6.07, 6.45) is 1.44. The molecule has 3 aromatic heterocycles. The van der Waals surface area contributed by atoms with Crippen molar-refractivity contribution in [1.29, 1.82) is 0 Å². The molecular weight excluding hydrogens is 294 g/mol. The van der Waals surface area contributed by atoms with E-state index in [1.807, 2.05) is 29.0 Å². The third-order valence-electron chi connectivity index (χ3n) is 2.61. The molecule has 0 bridgehead atoms. The molecule has 0 aliphatic rings. The van der Waals surface area contributed by atoms with Gasteiger partial charge in [-0.25, -0.2) is 9.97 Å². The number of nitrogens with one attached hydrogen (secondary N) is 1. The molecule has 0 saturated carbocycles. The molecule has 1 amide bonds. The number of rotatable bonds is 5. The third-order valence-corrected chi connectivity index (χ3v) is 4.30. The van der Waals surface area contributed by atoms with Crippen LogP contribution in [0.1, 0.15) is 4.88 Å². The summed E-state index contributed by atoms with van der Waals surface area (Å²) in [4.78, 5) is 21.9. The molecule has 3 rings (SSSR count). The lowest BCUT2D eigenvalue weighted by molar-refractivity contribution is -0.123. The smallest absolute Gasteiger partial charge is 0.258 e. The van der Waals surface area contributed by atoms with Gasteiger partial charge in [-0.1, -0.05) is 6.07 Å². The van der Waals surface area contributed by atoms with Crippen molar-refractivity contribution in [2.45, 2.75) is 6.54 Å². The highest BCUT2D eigenvalue weighted by molar-refractivity contribution is 7.16. The highest BCUT2D eigenvalue weighted by Crippen LogP contribution is 2.25. The van der Waals surface area contributed by atoms with Crippen molar-refractivity contribution in [2.24, 2.45) is 0 Å². The van der Waals surface area contributed by atoms with Gasteiger partial charge in [-0.05, 0) is 22.9 Å². The summed E-state index contributed by atoms with van der Waals surface area (Å²) in [5, 5.41) is 7.54. The molecule has 1 N–H and O–H groups in total. The molecular formula is C13H11N3O2S2. The maximum atomic E-state index is 11.7. The topological polar surface area (TPSA) is 64.1 Å². The molecule has 0 radical (unpaired) electrons. The monoisotopic (exact) mass is 305 g/mol. The van der Waals surface area contributed by atoms with Crippen molar-refractivity contribution in [3.8, 4) is 5.88 Å². The fraction of sp³-hybridized carbons (Fsp3) is 0.154. The van der Waals surface area contributed by atoms with Crippen LogP contribution in [-0.4, -0.2) is 22.5 Å². The predicted molar refractivity (Wildman–Crippen MR) is 79.1 cm³/mol. The molecule has 0 aliphatic heterocycles. The first kappa shape index (κ1) is 13.0. The summed E-state index contributed by atoms with van der Waals surface area (Å²) in [6, 6.07) is 5.82. The second-order valence-electron chi connectivity index (χ2n) is 3.96. The van der Waals surface area contributed by atoms with Gasteiger partial charge in [0.2, 0.25) is 5.88 Å². The summed E-state index contributed by atoms with van der Waals surface area (Å²) < 4.78 is 5.46. The molecule has 7 heteroatoms. The Morgan fingerprint density at radius 2 is 2.20 bits per heavy atom. The first-order valence-corrected chi connectivity index (χ1v) is 7.69. The molecule has 0 spiro atoms. The molecule has 3 heterocycles. The number of ether oxygens (including phenoxy) is 1. The zero-order chi connectivity index (χ0) is 13.8. The van der Waals surface area contributed by atoms with Gasteiger partial charge < -0.3 is 10.1 Å². The minimum Gasteiger partial charge on any atom is -0.467 e. The largest absolute Gasteiger partial charge is 0.467 e. The van der Waals surface area contributed by atoms with E-state index in [9.17, 15) is 4.79 Å². The summed E-state index contributed by atoms with van der Waals surface area (Å²) >= 11 is 3.12. The SMILES string of the molecule is O=C(COc1ncnc2sccc12)NCc1cccs1. The van der Waals surface area contributed by atoms with Crippen LogP contribution >= 0.6 is 22.7 Å². The number of carbonyl (C=O) groups is 1. The Balaban J connectivity index is 1.56. The normalized spacial score (nSPS) is 10.6. The number of fused-ring (bicyclic) bond motifs is 1. The van der Waals surface area contributed by atoms with E-state index < -0.39 is 0 Å². The van der Waals surface area contributed by atoms with E-state index in [2.05, 4.69) is 15.3 Å². The first-order chi connectivity index (χ1) is 9.83. The summed E-state index contributed by atoms with van der Waals surface area (Å²) in [5.74, 6) is 0.280. The van der Waals surface area contributed by atoms with Crippen LogP contribution < -0.4 is 10.1 Å². The lowest BCUT2D eigenvalue weighted by Gasteiger charge is -2.06. The number of hydrogen-bond donors (Lipinski definition) is 1. The molecule has 20 heavy (non-hydrogen) atoms. The molecule has 0 saturated heterocycles. The molecule has 5 nitrogen and oxygen atoms in total. The average molecular weight is 305 g/mol. The quantitative estimate of drug-likeness (QED) is 0.786. The fourth-order valence-electron chi connectivity index (χ4n) is 1.67. The molecule has 0 aromatic carbocycles. The minimum atomic E-state index is -0.166. The Hall–Kier alpha value is -1.99. The fourth-order valence-corrected chi connectivity index (χ4v) is 3.03. The van der Waals surface area contributed by atoms with E-state index in [1.54, 1.807) is 11.3 Å². The number of thiophene rings is 2. The van der Waals surface area contributed by atoms with Crippen molar-refractivity contribution in [2.75, 3.05) is 6.61 Å². The van der Waals surface area contributed by atoms with E-state index in [1.165, 1.54) is 17.7 Å². The second-order valence-corrected chi connectivity index (χ2v) is 5.89. The Bertz CT molecular complexity index is 709. The van der Waals surface area contributed by atoms with Crippen LogP contribution in [0.2, 0.25) is 0 Å². The molecule has 0 aliphatic carbocycles. The maximum Gasteiger partial charge on any atom is 0.258 e. The van der Waals surface area contributed by atoms with Crippen molar-refractivity contribution in [3.05, 3.63) is 40.2 Å². The first-order valence-electron chi connectivity index (χ1n) is 5.93. The van der Waals surface area contributed by atoms with Crippen molar-refractivity contribution >= 4 is 38.8 Å². The van der Waals surface area contributed by atoms with Gasteiger partial charge in [0.15, 0.2) is 6.61 Å². The van der Waals surface area contributed by atoms with Crippen LogP contribution in [-0.2, 0) is 11.3 Å². The number of carbonyl (C=O) groups excluding carboxylic acids is 1. The van der Waals surface area contributed by atoms with Crippen LogP contribution in [0, 0.1) is 0 Å². The molecule has 0 atom stereocenters. The Morgan fingerprint density at radius 3 is 3.05 bits per heavy atom. The number of hydrogen-bond acceptors (Lipinski definition) is 6. The number of amides is 1. The maximum absolute atomic E-state index is 11.7. The minimum absolute atomic E-state index is 0.0483. The van der Waals surface area contributed by atoms with E-state index in [-0.39, 0.29) is 12.5 Å². The zero-order valence-corrected chi connectivity index (χ0v) is 12.0. The average Bonchev–Trinajstić information content (AvgIpc) is 3.13. The van der Waals surface area contributed by atoms with Crippen molar-refractivity contribution in [3.63, 3.8) is 0 Å². The Labute approximate surface area is 123 Å². The molecule has 102 valence electrons. The van der Waals surface area contributed by atoms with E-state index >= 15 is 0 Å². The van der Waals surface area contributed by atoms with Gasteiger partial charge in [-0.3, -0.25) is 4.79 Å². The van der Waals surface area contributed by atoms with E-state index in [4.69, 9.17) is 4.74 Å². The summed E-state index contributed by atoms with van der Waals surface area (Å²) in [5.41, 5.74) is 0. The lowest BCUT2D eigenvalue weighted by Crippen LogP contribution is -2.28. The Kier molecular flexibility index (Phi) is 3.89. The highest BCUT2D eigenvalue weighted by atomic mass is 32.1. The van der Waals surface area contributed by atoms with Crippen LogP contribution in [0.5, 0.6) is 5.88 Å². The summed E-state index contributed by atoms with van der Waals surface area (Å²) in [6.45, 7) is 0.477. The third kappa shape index (κ3) is 2.94. The van der Waals surface area contributed by atoms with Gasteiger partial charge in [0.05, 0.1) is 11.9 Å². The molecule has 0 unspecified atom stereocenters. The van der Waals surface area contributed by atoms with Crippen LogP contribution in [0.3, 0.4) is 0 Å². The lowest BCUT2D eigenvalue weighted by atomic mass is 10.4. The van der Waals surface area contributed by atoms with Gasteiger partial charge in [-0.15, -0.1) is 22.7 Å². The summed E-state index contributed by atoms with van der Waals surface area (Å²) in [7, 11) is 0. The second kappa shape index (κ2) is 5.98. The van der Waals surface area contributed by atoms with Crippen molar-refractivity contribution < 1.29 is 9.53 Å². The van der Waals surface area contributed by atoms with Gasteiger partial charge >= 0.3 is 0 Å². The molecule has 0 fully saturated rings. The number of aromatic nitrogens is 2. The predicted octanol–water partition coefficient (Wildman–Crippen LogP) is 2.45. The van der Waals surface area contributed by atoms with E-state index in [0.717, 1.165) is 15.1 Å². The molecule has 3 aromatic rings. The van der Waals surface area contributed by atoms with Crippen LogP contribution in [0.25, 0.3) is 10.2 Å². The van der Waals surface area contributed by atoms with Crippen molar-refractivity contribution in [1.82, 2.24) is 15.3 Å². The van der Waals surface area contributed by atoms with Gasteiger partial charge in [0.1, 0.15) is 11.2 Å². The van der Waals surface area contributed by atoms with Crippen LogP contribution in [0.15, 0.2) is 35.3 Å². The number of nitrogens with zero attached hydrogens (tertiary/aromatic N) is 2. The van der Waals surface area contributed by atoms with E-state index in [0.29, 0.717) is 12.4 Å². The zero-order valence-electron chi connectivity index (χ0n) is 10.4. The highest BCUT2D eigenvalue weighted by Gasteiger charge is 2.08.